The van der Waals surface area contributed by atoms with Gasteiger partial charge in [-0.25, -0.2) is 0 Å². The van der Waals surface area contributed by atoms with Crippen molar-refractivity contribution in [3.63, 3.8) is 0 Å². The normalized spacial score (nSPS) is 14.0. The Bertz CT molecular complexity index is 351. The van der Waals surface area contributed by atoms with Crippen LogP contribution in [0.2, 0.25) is 0 Å². The third-order valence-electron chi connectivity index (χ3n) is 3.55. The van der Waals surface area contributed by atoms with Gasteiger partial charge in [-0.1, -0.05) is 26.0 Å². The SMILES string of the molecule is C=CCN(CC=C)C(CN=C(NCC)NC(C)COC)C(C)C.I. The monoisotopic (exact) mass is 452 g/mol. The van der Waals surface area contributed by atoms with Crippen molar-refractivity contribution in [3.8, 4) is 0 Å². The zero-order valence-electron chi connectivity index (χ0n) is 16.0. The van der Waals surface area contributed by atoms with Crippen molar-refractivity contribution >= 4 is 29.9 Å². The van der Waals surface area contributed by atoms with E-state index in [4.69, 9.17) is 9.73 Å². The second-order valence-corrected chi connectivity index (χ2v) is 6.06. The predicted octanol–water partition coefficient (Wildman–Crippen LogP) is 2.89. The smallest absolute Gasteiger partial charge is 0.191 e. The molecule has 6 heteroatoms. The maximum atomic E-state index is 5.17. The van der Waals surface area contributed by atoms with E-state index in [2.05, 4.69) is 56.4 Å². The van der Waals surface area contributed by atoms with Crippen LogP contribution in [0.1, 0.15) is 27.7 Å². The van der Waals surface area contributed by atoms with Gasteiger partial charge in [-0.05, 0) is 19.8 Å². The summed E-state index contributed by atoms with van der Waals surface area (Å²) in [6.45, 7) is 20.2. The fourth-order valence-electron chi connectivity index (χ4n) is 2.45. The van der Waals surface area contributed by atoms with Crippen LogP contribution in [0.5, 0.6) is 0 Å². The Balaban J connectivity index is 0. The van der Waals surface area contributed by atoms with Crippen LogP contribution in [-0.4, -0.2) is 62.8 Å². The van der Waals surface area contributed by atoms with Crippen molar-refractivity contribution < 1.29 is 4.74 Å². The van der Waals surface area contributed by atoms with Gasteiger partial charge in [-0.2, -0.15) is 0 Å². The minimum absolute atomic E-state index is 0. The van der Waals surface area contributed by atoms with E-state index in [0.29, 0.717) is 18.6 Å². The number of nitrogens with one attached hydrogen (secondary N) is 2. The summed E-state index contributed by atoms with van der Waals surface area (Å²) < 4.78 is 5.17. The quantitative estimate of drug-likeness (QED) is 0.207. The van der Waals surface area contributed by atoms with Crippen molar-refractivity contribution in [2.45, 2.75) is 39.8 Å². The molecule has 0 amide bonds. The summed E-state index contributed by atoms with van der Waals surface area (Å²) in [7, 11) is 1.71. The molecule has 0 aromatic heterocycles. The highest BCUT2D eigenvalue weighted by molar-refractivity contribution is 14.0. The lowest BCUT2D eigenvalue weighted by atomic mass is 10.0. The van der Waals surface area contributed by atoms with E-state index >= 15 is 0 Å². The van der Waals surface area contributed by atoms with Crippen LogP contribution in [0.15, 0.2) is 30.3 Å². The van der Waals surface area contributed by atoms with E-state index in [1.807, 2.05) is 12.2 Å². The predicted molar refractivity (Wildman–Crippen MR) is 116 cm³/mol. The molecule has 0 rings (SSSR count). The zero-order chi connectivity index (χ0) is 17.7. The minimum Gasteiger partial charge on any atom is -0.383 e. The molecule has 0 aliphatic rings. The fourth-order valence-corrected chi connectivity index (χ4v) is 2.45. The molecule has 0 saturated carbocycles. The number of hydrogen-bond acceptors (Lipinski definition) is 3. The second kappa shape index (κ2) is 15.9. The summed E-state index contributed by atoms with van der Waals surface area (Å²) in [6, 6.07) is 0.562. The number of nitrogens with zero attached hydrogens (tertiary/aromatic N) is 2. The van der Waals surface area contributed by atoms with Crippen LogP contribution in [-0.2, 0) is 4.74 Å². The molecular weight excluding hydrogens is 415 g/mol. The van der Waals surface area contributed by atoms with Gasteiger partial charge in [-0.3, -0.25) is 9.89 Å². The molecule has 0 spiro atoms. The van der Waals surface area contributed by atoms with E-state index in [-0.39, 0.29) is 30.0 Å². The topological polar surface area (TPSA) is 48.9 Å². The maximum absolute atomic E-state index is 5.17. The Hall–Kier alpha value is -0.600. The Morgan fingerprint density at radius 1 is 1.21 bits per heavy atom. The molecule has 2 unspecified atom stereocenters. The largest absolute Gasteiger partial charge is 0.383 e. The van der Waals surface area contributed by atoms with E-state index in [9.17, 15) is 0 Å². The first-order valence-electron chi connectivity index (χ1n) is 8.49. The van der Waals surface area contributed by atoms with Crippen molar-refractivity contribution in [2.75, 3.05) is 39.9 Å². The molecule has 2 atom stereocenters. The number of guanidine groups is 1. The van der Waals surface area contributed by atoms with Gasteiger partial charge in [0, 0.05) is 38.8 Å². The van der Waals surface area contributed by atoms with Gasteiger partial charge in [-0.15, -0.1) is 37.1 Å². The van der Waals surface area contributed by atoms with Gasteiger partial charge in [0.1, 0.15) is 0 Å². The molecule has 0 aliphatic carbocycles. The third kappa shape index (κ3) is 11.0. The molecule has 0 aromatic carbocycles. The van der Waals surface area contributed by atoms with Gasteiger partial charge in [0.05, 0.1) is 13.2 Å². The minimum atomic E-state index is 0. The van der Waals surface area contributed by atoms with Crippen LogP contribution in [0.3, 0.4) is 0 Å². The molecule has 142 valence electrons. The van der Waals surface area contributed by atoms with Gasteiger partial charge in [0.2, 0.25) is 0 Å². The van der Waals surface area contributed by atoms with Crippen molar-refractivity contribution in [1.29, 1.82) is 0 Å². The highest BCUT2D eigenvalue weighted by Gasteiger charge is 2.20. The third-order valence-corrected chi connectivity index (χ3v) is 3.55. The lowest BCUT2D eigenvalue weighted by Crippen LogP contribution is -2.46. The number of rotatable bonds is 12. The number of hydrogen-bond donors (Lipinski definition) is 2. The van der Waals surface area contributed by atoms with Gasteiger partial charge in [0.15, 0.2) is 5.96 Å². The molecular formula is C18H37IN4O. The lowest BCUT2D eigenvalue weighted by Gasteiger charge is -2.32. The highest BCUT2D eigenvalue weighted by Crippen LogP contribution is 2.11. The van der Waals surface area contributed by atoms with Crippen LogP contribution < -0.4 is 10.6 Å². The summed E-state index contributed by atoms with van der Waals surface area (Å²) in [5, 5.41) is 6.66. The first kappa shape index (κ1) is 25.6. The molecule has 5 nitrogen and oxygen atoms in total. The van der Waals surface area contributed by atoms with E-state index in [1.165, 1.54) is 0 Å². The molecule has 0 aliphatic heterocycles. The van der Waals surface area contributed by atoms with Crippen molar-refractivity contribution in [2.24, 2.45) is 10.9 Å². The van der Waals surface area contributed by atoms with Gasteiger partial charge < -0.3 is 15.4 Å². The van der Waals surface area contributed by atoms with Crippen LogP contribution in [0.4, 0.5) is 0 Å². The maximum Gasteiger partial charge on any atom is 0.191 e. The first-order chi connectivity index (χ1) is 11.0. The molecule has 0 fully saturated rings. The molecule has 0 saturated heterocycles. The summed E-state index contributed by atoms with van der Waals surface area (Å²) in [5.41, 5.74) is 0. The second-order valence-electron chi connectivity index (χ2n) is 6.06. The fraction of sp³-hybridized carbons (Fsp3) is 0.722. The number of halogens is 1. The molecule has 0 radical (unpaired) electrons. The highest BCUT2D eigenvalue weighted by atomic mass is 127. The Labute approximate surface area is 166 Å². The van der Waals surface area contributed by atoms with Crippen molar-refractivity contribution in [1.82, 2.24) is 15.5 Å². The van der Waals surface area contributed by atoms with Crippen LogP contribution in [0, 0.1) is 5.92 Å². The van der Waals surface area contributed by atoms with E-state index < -0.39 is 0 Å². The summed E-state index contributed by atoms with van der Waals surface area (Å²) in [4.78, 5) is 7.13. The van der Waals surface area contributed by atoms with Gasteiger partial charge in [0.25, 0.3) is 0 Å². The molecule has 24 heavy (non-hydrogen) atoms. The molecule has 2 N–H and O–H groups in total. The summed E-state index contributed by atoms with van der Waals surface area (Å²) in [6.07, 6.45) is 3.87. The summed E-state index contributed by atoms with van der Waals surface area (Å²) in [5.74, 6) is 1.33. The van der Waals surface area contributed by atoms with Crippen LogP contribution in [0.25, 0.3) is 0 Å². The first-order valence-corrected chi connectivity index (χ1v) is 8.49. The Morgan fingerprint density at radius 3 is 2.21 bits per heavy atom. The Morgan fingerprint density at radius 2 is 1.79 bits per heavy atom. The average molecular weight is 452 g/mol. The average Bonchev–Trinajstić information content (AvgIpc) is 2.47. The van der Waals surface area contributed by atoms with Gasteiger partial charge >= 0.3 is 0 Å². The number of methoxy groups -OCH3 is 1. The molecule has 0 heterocycles. The van der Waals surface area contributed by atoms with Crippen LogP contribution >= 0.6 is 24.0 Å². The zero-order valence-corrected chi connectivity index (χ0v) is 18.4. The number of ether oxygens (including phenoxy) is 1. The summed E-state index contributed by atoms with van der Waals surface area (Å²) >= 11 is 0. The van der Waals surface area contributed by atoms with E-state index in [0.717, 1.165) is 32.1 Å². The molecule has 0 aromatic rings. The lowest BCUT2D eigenvalue weighted by molar-refractivity contribution is 0.178. The Kier molecular flexibility index (Phi) is 17.0. The standard InChI is InChI=1S/C18H36N4O.HI/c1-8-11-22(12-9-2)17(15(4)5)13-20-18(19-10-3)21-16(6)14-23-7;/h8-9,15-17H,1-2,10-14H2,3-7H3,(H2,19,20,21);1H. The van der Waals surface area contributed by atoms with E-state index in [1.54, 1.807) is 7.11 Å². The molecule has 0 bridgehead atoms. The number of aliphatic imine (C=N–C) groups is 1. The van der Waals surface area contributed by atoms with Crippen molar-refractivity contribution in [3.05, 3.63) is 25.3 Å².